The van der Waals surface area contributed by atoms with Crippen LogP contribution in [0.25, 0.3) is 22.1 Å². The summed E-state index contributed by atoms with van der Waals surface area (Å²) in [6.07, 6.45) is 0. The zero-order valence-corrected chi connectivity index (χ0v) is 12.4. The fourth-order valence-electron chi connectivity index (χ4n) is 2.46. The second-order valence-electron chi connectivity index (χ2n) is 5.09. The quantitative estimate of drug-likeness (QED) is 0.532. The van der Waals surface area contributed by atoms with E-state index >= 15 is 0 Å². The Hall–Kier alpha value is -3.48. The van der Waals surface area contributed by atoms with Gasteiger partial charge in [-0.1, -0.05) is 30.3 Å². The van der Waals surface area contributed by atoms with Gasteiger partial charge in [-0.15, -0.1) is 0 Å². The van der Waals surface area contributed by atoms with Gasteiger partial charge in [0.1, 0.15) is 17.9 Å². The van der Waals surface area contributed by atoms with Crippen molar-refractivity contribution in [3.63, 3.8) is 0 Å². The zero-order chi connectivity index (χ0) is 16.4. The molecule has 0 unspecified atom stereocenters. The monoisotopic (exact) mass is 319 g/mol. The van der Waals surface area contributed by atoms with Gasteiger partial charge in [-0.25, -0.2) is 4.79 Å². The molecule has 7 nitrogen and oxygen atoms in total. The van der Waals surface area contributed by atoms with Crippen molar-refractivity contribution in [3.8, 4) is 16.9 Å². The molecule has 0 N–H and O–H groups in total. The van der Waals surface area contributed by atoms with Crippen molar-refractivity contribution in [1.29, 1.82) is 0 Å². The van der Waals surface area contributed by atoms with Crippen molar-refractivity contribution in [2.24, 2.45) is 0 Å². The van der Waals surface area contributed by atoms with Gasteiger partial charge in [0, 0.05) is 23.3 Å². The van der Waals surface area contributed by atoms with E-state index in [0.717, 1.165) is 16.5 Å². The first-order valence-corrected chi connectivity index (χ1v) is 7.23. The third kappa shape index (κ3) is 2.74. The molecular weight excluding hydrogens is 308 g/mol. The molecule has 0 bridgehead atoms. The van der Waals surface area contributed by atoms with Crippen LogP contribution in [0.15, 0.2) is 63.8 Å². The van der Waals surface area contributed by atoms with Gasteiger partial charge in [-0.05, 0) is 23.3 Å². The summed E-state index contributed by atoms with van der Waals surface area (Å²) in [4.78, 5) is 11.9. The van der Waals surface area contributed by atoms with Crippen LogP contribution in [0.4, 0.5) is 0 Å². The first-order chi connectivity index (χ1) is 11.8. The number of rotatable bonds is 4. The Labute approximate surface area is 135 Å². The molecule has 2 aromatic heterocycles. The summed E-state index contributed by atoms with van der Waals surface area (Å²) in [6, 6.07) is 16.5. The van der Waals surface area contributed by atoms with Crippen molar-refractivity contribution in [3.05, 3.63) is 70.8 Å². The maximum atomic E-state index is 11.9. The van der Waals surface area contributed by atoms with E-state index in [-0.39, 0.29) is 6.61 Å². The number of aromatic nitrogens is 4. The predicted octanol–water partition coefficient (Wildman–Crippen LogP) is 2.18. The number of nitrogens with zero attached hydrogens (tertiary/aromatic N) is 4. The highest BCUT2D eigenvalue weighted by Crippen LogP contribution is 2.29. The van der Waals surface area contributed by atoms with E-state index in [1.807, 2.05) is 36.4 Å². The summed E-state index contributed by atoms with van der Waals surface area (Å²) < 4.78 is 10.9. The van der Waals surface area contributed by atoms with Crippen LogP contribution in [0.2, 0.25) is 0 Å². The maximum Gasteiger partial charge on any atom is 0.336 e. The van der Waals surface area contributed by atoms with Gasteiger partial charge < -0.3 is 14.3 Å². The SMILES string of the molecule is O=c1cc(-c2ccccc2)c2ccc(OCc3nnn[n-]3)cc2o1. The maximum absolute atomic E-state index is 11.9. The molecule has 0 radical (unpaired) electrons. The first-order valence-electron chi connectivity index (χ1n) is 7.23. The van der Waals surface area contributed by atoms with Crippen molar-refractivity contribution < 1.29 is 9.15 Å². The molecule has 0 saturated carbocycles. The highest BCUT2D eigenvalue weighted by molar-refractivity contribution is 5.93. The van der Waals surface area contributed by atoms with Crippen LogP contribution in [0.1, 0.15) is 5.82 Å². The molecule has 0 aliphatic heterocycles. The average molecular weight is 319 g/mol. The summed E-state index contributed by atoms with van der Waals surface area (Å²) >= 11 is 0. The molecule has 7 heteroatoms. The Morgan fingerprint density at radius 3 is 2.75 bits per heavy atom. The largest absolute Gasteiger partial charge is 0.488 e. The fraction of sp³-hybridized carbons (Fsp3) is 0.0588. The molecule has 0 atom stereocenters. The van der Waals surface area contributed by atoms with Crippen LogP contribution < -0.4 is 15.5 Å². The van der Waals surface area contributed by atoms with E-state index in [9.17, 15) is 4.79 Å². The Balaban J connectivity index is 1.73. The van der Waals surface area contributed by atoms with E-state index in [1.54, 1.807) is 12.1 Å². The molecule has 0 aliphatic carbocycles. The van der Waals surface area contributed by atoms with Gasteiger partial charge in [0.15, 0.2) is 0 Å². The average Bonchev–Trinajstić information content (AvgIpc) is 3.13. The smallest absolute Gasteiger partial charge is 0.336 e. The summed E-state index contributed by atoms with van der Waals surface area (Å²) in [7, 11) is 0. The van der Waals surface area contributed by atoms with Crippen LogP contribution in [0, 0.1) is 0 Å². The lowest BCUT2D eigenvalue weighted by Gasteiger charge is -2.09. The summed E-state index contributed by atoms with van der Waals surface area (Å²) in [5.41, 5.74) is 1.82. The Morgan fingerprint density at radius 2 is 1.96 bits per heavy atom. The van der Waals surface area contributed by atoms with Crippen molar-refractivity contribution in [1.82, 2.24) is 20.6 Å². The van der Waals surface area contributed by atoms with Gasteiger partial charge in [0.25, 0.3) is 0 Å². The van der Waals surface area contributed by atoms with Crippen molar-refractivity contribution in [2.75, 3.05) is 0 Å². The molecule has 2 aromatic carbocycles. The summed E-state index contributed by atoms with van der Waals surface area (Å²) in [5.74, 6) is 0.926. The molecule has 0 spiro atoms. The van der Waals surface area contributed by atoms with Crippen molar-refractivity contribution in [2.45, 2.75) is 6.61 Å². The van der Waals surface area contributed by atoms with E-state index in [4.69, 9.17) is 9.15 Å². The Morgan fingerprint density at radius 1 is 1.08 bits per heavy atom. The van der Waals surface area contributed by atoms with Gasteiger partial charge in [0.2, 0.25) is 0 Å². The van der Waals surface area contributed by atoms with Gasteiger partial charge in [0.05, 0.1) is 0 Å². The van der Waals surface area contributed by atoms with Crippen LogP contribution in [-0.4, -0.2) is 15.5 Å². The van der Waals surface area contributed by atoms with Crippen LogP contribution in [-0.2, 0) is 6.61 Å². The molecule has 4 aromatic rings. The van der Waals surface area contributed by atoms with Crippen LogP contribution in [0.5, 0.6) is 5.75 Å². The third-order valence-electron chi connectivity index (χ3n) is 3.53. The summed E-state index contributed by atoms with van der Waals surface area (Å²) in [5, 5.41) is 15.0. The van der Waals surface area contributed by atoms with Crippen LogP contribution in [0.3, 0.4) is 0 Å². The molecule has 0 fully saturated rings. The fourth-order valence-corrected chi connectivity index (χ4v) is 2.46. The second kappa shape index (κ2) is 5.96. The zero-order valence-electron chi connectivity index (χ0n) is 12.4. The lowest BCUT2D eigenvalue weighted by Crippen LogP contribution is -2.00. The Kier molecular flexibility index (Phi) is 3.51. The molecule has 24 heavy (non-hydrogen) atoms. The van der Waals surface area contributed by atoms with Gasteiger partial charge in [-0.2, -0.15) is 5.21 Å². The molecule has 4 rings (SSSR count). The van der Waals surface area contributed by atoms with E-state index in [0.29, 0.717) is 17.2 Å². The molecule has 0 aliphatic rings. The minimum absolute atomic E-state index is 0.140. The standard InChI is InChI=1S/C17H11N4O3/c22-17-9-14(11-4-2-1-3-5-11)13-7-6-12(8-15(13)24-17)23-10-16-18-20-21-19-16/h1-9H,10H2/q-1. The molecule has 118 valence electrons. The second-order valence-corrected chi connectivity index (χ2v) is 5.09. The van der Waals surface area contributed by atoms with E-state index in [2.05, 4.69) is 20.6 Å². The van der Waals surface area contributed by atoms with Crippen molar-refractivity contribution >= 4 is 11.0 Å². The van der Waals surface area contributed by atoms with E-state index in [1.165, 1.54) is 6.07 Å². The number of fused-ring (bicyclic) bond motifs is 1. The predicted molar refractivity (Wildman–Crippen MR) is 85.4 cm³/mol. The molecule has 0 saturated heterocycles. The van der Waals surface area contributed by atoms with E-state index < -0.39 is 5.63 Å². The topological polar surface area (TPSA) is 92.2 Å². The number of benzene rings is 2. The first kappa shape index (κ1) is 14.1. The lowest BCUT2D eigenvalue weighted by atomic mass is 10.0. The number of hydrogen-bond donors (Lipinski definition) is 0. The highest BCUT2D eigenvalue weighted by atomic mass is 16.5. The van der Waals surface area contributed by atoms with Gasteiger partial charge >= 0.3 is 5.63 Å². The van der Waals surface area contributed by atoms with Crippen LogP contribution >= 0.6 is 0 Å². The third-order valence-corrected chi connectivity index (χ3v) is 3.53. The Bertz CT molecular complexity index is 1030. The molecule has 2 heterocycles. The molecular formula is C17H11N4O3-. The minimum atomic E-state index is -0.411. The minimum Gasteiger partial charge on any atom is -0.488 e. The van der Waals surface area contributed by atoms with Gasteiger partial charge in [-0.3, -0.25) is 10.3 Å². The normalized spacial score (nSPS) is 10.8. The number of tetrazole rings is 1. The molecule has 0 amide bonds. The number of ether oxygens (including phenoxy) is 1. The lowest BCUT2D eigenvalue weighted by molar-refractivity contribution is 0.295. The number of hydrogen-bond acceptors (Lipinski definition) is 6. The summed E-state index contributed by atoms with van der Waals surface area (Å²) in [6.45, 7) is 0.140. The highest BCUT2D eigenvalue weighted by Gasteiger charge is 2.09.